The first-order chi connectivity index (χ1) is 7.36. The molecule has 2 rings (SSSR count). The predicted octanol–water partition coefficient (Wildman–Crippen LogP) is 2.61. The molecule has 1 fully saturated rings. The fraction of sp³-hybridized carbons (Fsp3) is 0.667. The van der Waals surface area contributed by atoms with Crippen LogP contribution >= 0.6 is 11.3 Å². The summed E-state index contributed by atoms with van der Waals surface area (Å²) in [6.07, 6.45) is 1.07. The highest BCUT2D eigenvalue weighted by atomic mass is 32.1. The first kappa shape index (κ1) is 12.2. The summed E-state index contributed by atoms with van der Waals surface area (Å²) >= 11 is 1.72. The predicted molar refractivity (Wildman–Crippen MR) is 69.4 cm³/mol. The van der Waals surface area contributed by atoms with Crippen LogP contribution in [0.1, 0.15) is 40.2 Å². The summed E-state index contributed by atoms with van der Waals surface area (Å²) in [5.74, 6) is 0. The van der Waals surface area contributed by atoms with Gasteiger partial charge in [0.25, 0.3) is 0 Å². The highest BCUT2D eigenvalue weighted by molar-refractivity contribution is 7.20. The Labute approximate surface area is 102 Å². The van der Waals surface area contributed by atoms with Crippen LogP contribution in [-0.4, -0.2) is 18.3 Å². The molecule has 0 amide bonds. The van der Waals surface area contributed by atoms with E-state index >= 15 is 0 Å². The van der Waals surface area contributed by atoms with Crippen molar-refractivity contribution in [1.82, 2.24) is 0 Å². The van der Waals surface area contributed by atoms with Crippen molar-refractivity contribution in [3.63, 3.8) is 0 Å². The Balaban J connectivity index is 2.20. The Morgan fingerprint density at radius 2 is 1.75 bits per heavy atom. The Kier molecular flexibility index (Phi) is 2.93. The maximum Gasteiger partial charge on any atom is 0.505 e. The molecule has 1 aliphatic heterocycles. The number of hydrogen-bond acceptors (Lipinski definition) is 3. The summed E-state index contributed by atoms with van der Waals surface area (Å²) in [5.41, 5.74) is 0.872. The van der Waals surface area contributed by atoms with Gasteiger partial charge in [-0.3, -0.25) is 0 Å². The molecule has 0 saturated carbocycles. The molecule has 88 valence electrons. The minimum atomic E-state index is -0.242. The summed E-state index contributed by atoms with van der Waals surface area (Å²) in [4.78, 5) is 0. The van der Waals surface area contributed by atoms with Gasteiger partial charge in [0.15, 0.2) is 0 Å². The molecule has 4 heteroatoms. The third kappa shape index (κ3) is 1.94. The van der Waals surface area contributed by atoms with Gasteiger partial charge in [-0.2, -0.15) is 11.3 Å². The number of rotatable bonds is 2. The van der Waals surface area contributed by atoms with Gasteiger partial charge >= 0.3 is 7.12 Å². The fourth-order valence-corrected chi connectivity index (χ4v) is 2.61. The van der Waals surface area contributed by atoms with Gasteiger partial charge in [-0.05, 0) is 51.1 Å². The Morgan fingerprint density at radius 1 is 1.19 bits per heavy atom. The van der Waals surface area contributed by atoms with Crippen LogP contribution in [-0.2, 0) is 15.7 Å². The molecule has 0 bridgehead atoms. The molecule has 1 aromatic heterocycles. The van der Waals surface area contributed by atoms with Crippen LogP contribution in [0.4, 0.5) is 0 Å². The lowest BCUT2D eigenvalue weighted by Gasteiger charge is -2.32. The second-order valence-electron chi connectivity index (χ2n) is 5.30. The van der Waals surface area contributed by atoms with Crippen molar-refractivity contribution in [2.45, 2.75) is 52.2 Å². The van der Waals surface area contributed by atoms with Crippen LogP contribution in [0.15, 0.2) is 11.4 Å². The van der Waals surface area contributed by atoms with Crippen LogP contribution in [0.5, 0.6) is 0 Å². The molecule has 0 radical (unpaired) electrons. The van der Waals surface area contributed by atoms with E-state index in [9.17, 15) is 0 Å². The van der Waals surface area contributed by atoms with E-state index in [1.807, 2.05) is 0 Å². The van der Waals surface area contributed by atoms with E-state index in [-0.39, 0.29) is 18.3 Å². The Hall–Kier alpha value is -0.315. The number of aryl methyl sites for hydroxylation is 1. The van der Waals surface area contributed by atoms with Crippen LogP contribution < -0.4 is 4.78 Å². The van der Waals surface area contributed by atoms with Crippen molar-refractivity contribution >= 4 is 23.2 Å². The topological polar surface area (TPSA) is 18.5 Å². The minimum Gasteiger partial charge on any atom is -0.399 e. The first-order valence-corrected chi connectivity index (χ1v) is 6.66. The van der Waals surface area contributed by atoms with E-state index in [4.69, 9.17) is 9.31 Å². The Bertz CT molecular complexity index is 368. The van der Waals surface area contributed by atoms with Crippen molar-refractivity contribution in [2.75, 3.05) is 0 Å². The normalized spacial score (nSPS) is 22.7. The van der Waals surface area contributed by atoms with Crippen LogP contribution in [0.25, 0.3) is 0 Å². The van der Waals surface area contributed by atoms with Gasteiger partial charge in [0.1, 0.15) is 0 Å². The molecule has 0 atom stereocenters. The van der Waals surface area contributed by atoms with E-state index in [1.165, 1.54) is 10.3 Å². The van der Waals surface area contributed by atoms with E-state index in [0.717, 1.165) is 6.42 Å². The van der Waals surface area contributed by atoms with E-state index in [2.05, 4.69) is 46.1 Å². The van der Waals surface area contributed by atoms with Crippen molar-refractivity contribution < 1.29 is 9.31 Å². The van der Waals surface area contributed by atoms with Gasteiger partial charge in [0, 0.05) is 4.78 Å². The lowest BCUT2D eigenvalue weighted by atomic mass is 9.87. The van der Waals surface area contributed by atoms with Gasteiger partial charge < -0.3 is 9.31 Å². The van der Waals surface area contributed by atoms with Gasteiger partial charge in [0.05, 0.1) is 11.2 Å². The van der Waals surface area contributed by atoms with Crippen molar-refractivity contribution in [3.05, 3.63) is 17.0 Å². The molecular weight excluding hydrogens is 219 g/mol. The largest absolute Gasteiger partial charge is 0.505 e. The third-order valence-corrected chi connectivity index (χ3v) is 4.57. The molecule has 0 aromatic carbocycles. The molecule has 16 heavy (non-hydrogen) atoms. The second-order valence-corrected chi connectivity index (χ2v) is 6.24. The second kappa shape index (κ2) is 3.86. The van der Waals surface area contributed by atoms with Crippen molar-refractivity contribution in [3.8, 4) is 0 Å². The summed E-state index contributed by atoms with van der Waals surface area (Å²) in [5, 5.41) is 2.18. The zero-order valence-electron chi connectivity index (χ0n) is 10.7. The van der Waals surface area contributed by atoms with Crippen LogP contribution in [0.2, 0.25) is 0 Å². The third-order valence-electron chi connectivity index (χ3n) is 3.57. The van der Waals surface area contributed by atoms with Gasteiger partial charge in [0.2, 0.25) is 0 Å². The lowest BCUT2D eigenvalue weighted by molar-refractivity contribution is 0.00578. The summed E-state index contributed by atoms with van der Waals surface area (Å²) in [7, 11) is -0.199. The van der Waals surface area contributed by atoms with E-state index in [1.54, 1.807) is 11.3 Å². The molecular formula is C12H19BO2S. The molecule has 1 aliphatic rings. The van der Waals surface area contributed by atoms with Crippen molar-refractivity contribution in [1.29, 1.82) is 0 Å². The fourth-order valence-electron chi connectivity index (χ4n) is 1.66. The molecule has 0 N–H and O–H groups in total. The maximum atomic E-state index is 6.00. The highest BCUT2D eigenvalue weighted by Crippen LogP contribution is 2.36. The zero-order valence-corrected chi connectivity index (χ0v) is 11.5. The molecule has 2 heterocycles. The Morgan fingerprint density at radius 3 is 2.19 bits per heavy atom. The van der Waals surface area contributed by atoms with Gasteiger partial charge in [-0.15, -0.1) is 0 Å². The number of thiophene rings is 1. The highest BCUT2D eigenvalue weighted by Gasteiger charge is 2.52. The van der Waals surface area contributed by atoms with Gasteiger partial charge in [-0.25, -0.2) is 0 Å². The zero-order chi connectivity index (χ0) is 12.0. The summed E-state index contributed by atoms with van der Waals surface area (Å²) in [6.45, 7) is 10.5. The van der Waals surface area contributed by atoms with Gasteiger partial charge in [-0.1, -0.05) is 6.92 Å². The van der Waals surface area contributed by atoms with Crippen LogP contribution in [0.3, 0.4) is 0 Å². The standard InChI is InChI=1S/C12H19BO2S/c1-6-9-7-10(16-8-9)13-14-11(2,3)12(4,5)15-13/h7-8H,6H2,1-5H3. The first-order valence-electron chi connectivity index (χ1n) is 5.78. The molecule has 1 aromatic rings. The smallest absolute Gasteiger partial charge is 0.399 e. The molecule has 2 nitrogen and oxygen atoms in total. The van der Waals surface area contributed by atoms with E-state index < -0.39 is 0 Å². The average molecular weight is 238 g/mol. The van der Waals surface area contributed by atoms with Crippen molar-refractivity contribution in [2.24, 2.45) is 0 Å². The average Bonchev–Trinajstić information content (AvgIpc) is 2.70. The quantitative estimate of drug-likeness (QED) is 0.737. The summed E-state index contributed by atoms with van der Waals surface area (Å²) in [6, 6.07) is 2.19. The van der Waals surface area contributed by atoms with Crippen LogP contribution in [0, 0.1) is 0 Å². The molecule has 0 aliphatic carbocycles. The molecule has 0 unspecified atom stereocenters. The monoisotopic (exact) mass is 238 g/mol. The summed E-state index contributed by atoms with van der Waals surface area (Å²) < 4.78 is 13.2. The lowest BCUT2D eigenvalue weighted by Crippen LogP contribution is -2.41. The van der Waals surface area contributed by atoms with E-state index in [0.29, 0.717) is 0 Å². The molecule has 1 saturated heterocycles. The SMILES string of the molecule is CCc1csc(B2OC(C)(C)C(C)(C)O2)c1. The maximum absolute atomic E-state index is 6.00. The number of hydrogen-bond donors (Lipinski definition) is 0. The molecule has 0 spiro atoms. The minimum absolute atomic E-state index is 0.199.